The maximum atomic E-state index is 12.7. The summed E-state index contributed by atoms with van der Waals surface area (Å²) < 4.78 is 43.6. The predicted molar refractivity (Wildman–Crippen MR) is 95.8 cm³/mol. The van der Waals surface area contributed by atoms with E-state index in [1.54, 1.807) is 31.7 Å². The Hall–Kier alpha value is -2.12. The number of hydrogen-bond donors (Lipinski definition) is 0. The molecule has 0 spiro atoms. The van der Waals surface area contributed by atoms with Crippen LogP contribution in [0.3, 0.4) is 0 Å². The van der Waals surface area contributed by atoms with Crippen molar-refractivity contribution >= 4 is 11.7 Å². The Morgan fingerprint density at radius 1 is 1.11 bits per heavy atom. The van der Waals surface area contributed by atoms with Crippen LogP contribution in [0.4, 0.5) is 18.0 Å². The topological polar surface area (TPSA) is 55.3 Å². The van der Waals surface area contributed by atoms with Gasteiger partial charge in [0.15, 0.2) is 5.82 Å². The lowest BCUT2D eigenvalue weighted by Gasteiger charge is -2.42. The van der Waals surface area contributed by atoms with E-state index >= 15 is 0 Å². The van der Waals surface area contributed by atoms with Crippen LogP contribution in [0.5, 0.6) is 0 Å². The van der Waals surface area contributed by atoms with Crippen LogP contribution in [0, 0.1) is 5.41 Å². The van der Waals surface area contributed by atoms with Crippen LogP contribution in [0.25, 0.3) is 5.57 Å². The predicted octanol–water partition coefficient (Wildman–Crippen LogP) is 4.93. The molecule has 1 aromatic heterocycles. The Kier molecular flexibility index (Phi) is 5.59. The number of carbonyl (C=O) groups is 1. The lowest BCUT2D eigenvalue weighted by Crippen LogP contribution is -2.51. The number of carbonyl (C=O) groups excluding carboxylic acids is 1. The molecule has 0 saturated carbocycles. The van der Waals surface area contributed by atoms with E-state index in [1.165, 1.54) is 0 Å². The summed E-state index contributed by atoms with van der Waals surface area (Å²) in [4.78, 5) is 22.0. The average molecular weight is 385 g/mol. The lowest BCUT2D eigenvalue weighted by atomic mass is 9.80. The largest absolute Gasteiger partial charge is 0.444 e. The van der Waals surface area contributed by atoms with E-state index in [9.17, 15) is 18.0 Å². The molecule has 0 fully saturated rings. The quantitative estimate of drug-likeness (QED) is 0.687. The molecular weight excluding hydrogens is 359 g/mol. The van der Waals surface area contributed by atoms with Crippen molar-refractivity contribution in [1.82, 2.24) is 14.9 Å². The molecule has 0 saturated heterocycles. The van der Waals surface area contributed by atoms with E-state index in [4.69, 9.17) is 4.74 Å². The van der Waals surface area contributed by atoms with Gasteiger partial charge in [0.05, 0.1) is 5.56 Å². The number of ether oxygens (including phenoxy) is 1. The summed E-state index contributed by atoms with van der Waals surface area (Å²) in [6.45, 7) is 11.7. The summed E-state index contributed by atoms with van der Waals surface area (Å²) in [7, 11) is 0. The van der Waals surface area contributed by atoms with E-state index in [0.717, 1.165) is 18.0 Å². The molecule has 5 nitrogen and oxygen atoms in total. The molecular formula is C19H26F3N3O2. The van der Waals surface area contributed by atoms with Gasteiger partial charge < -0.3 is 9.64 Å². The molecule has 1 atom stereocenters. The van der Waals surface area contributed by atoms with Crippen LogP contribution in [0.2, 0.25) is 0 Å². The molecule has 0 radical (unpaired) electrons. The number of amides is 1. The van der Waals surface area contributed by atoms with E-state index in [1.807, 2.05) is 20.8 Å². The number of halogens is 3. The number of rotatable bonds is 1. The van der Waals surface area contributed by atoms with Gasteiger partial charge in [-0.05, 0) is 38.2 Å². The zero-order valence-electron chi connectivity index (χ0n) is 16.5. The molecule has 1 unspecified atom stereocenters. The highest BCUT2D eigenvalue weighted by Crippen LogP contribution is 2.36. The number of nitrogens with zero attached hydrogens (tertiary/aromatic N) is 3. The summed E-state index contributed by atoms with van der Waals surface area (Å²) in [6, 6.07) is -0.196. The van der Waals surface area contributed by atoms with Crippen LogP contribution < -0.4 is 0 Å². The van der Waals surface area contributed by atoms with Gasteiger partial charge in [0.1, 0.15) is 5.60 Å². The van der Waals surface area contributed by atoms with Crippen LogP contribution >= 0.6 is 0 Å². The van der Waals surface area contributed by atoms with E-state index in [0.29, 0.717) is 6.42 Å². The molecule has 27 heavy (non-hydrogen) atoms. The molecule has 1 aliphatic heterocycles. The van der Waals surface area contributed by atoms with Crippen molar-refractivity contribution in [3.05, 3.63) is 29.9 Å². The Bertz CT molecular complexity index is 714. The second-order valence-corrected chi connectivity index (χ2v) is 8.74. The van der Waals surface area contributed by atoms with Gasteiger partial charge in [-0.25, -0.2) is 14.8 Å². The van der Waals surface area contributed by atoms with Crippen LogP contribution in [-0.2, 0) is 10.9 Å². The van der Waals surface area contributed by atoms with Crippen LogP contribution in [-0.4, -0.2) is 39.1 Å². The standard InChI is InChI=1S/C19H26F3N3O2/c1-17(2,3)14-9-12(7-8-25(14)16(26)27-18(4,5)6)15-23-10-13(11-24-15)19(20,21)22/h7,10-11,14H,8-9H2,1-6H3. The number of hydrogen-bond acceptors (Lipinski definition) is 4. The third-order valence-corrected chi connectivity index (χ3v) is 4.22. The normalized spacial score (nSPS) is 18.9. The molecule has 1 aromatic rings. The monoisotopic (exact) mass is 385 g/mol. The van der Waals surface area contributed by atoms with Crippen molar-refractivity contribution in [2.24, 2.45) is 5.41 Å². The molecule has 0 N–H and O–H groups in total. The smallest absolute Gasteiger partial charge is 0.419 e. The zero-order chi connectivity index (χ0) is 20.6. The van der Waals surface area contributed by atoms with Gasteiger partial charge in [0.2, 0.25) is 0 Å². The van der Waals surface area contributed by atoms with Crippen molar-refractivity contribution in [1.29, 1.82) is 0 Å². The molecule has 0 bridgehead atoms. The van der Waals surface area contributed by atoms with Gasteiger partial charge >= 0.3 is 12.3 Å². The lowest BCUT2D eigenvalue weighted by molar-refractivity contribution is -0.138. The molecule has 1 aliphatic rings. The van der Waals surface area contributed by atoms with Gasteiger partial charge in [-0.2, -0.15) is 13.2 Å². The van der Waals surface area contributed by atoms with Crippen molar-refractivity contribution < 1.29 is 22.7 Å². The van der Waals surface area contributed by atoms with Crippen molar-refractivity contribution in [2.75, 3.05) is 6.54 Å². The molecule has 0 aromatic carbocycles. The highest BCUT2D eigenvalue weighted by atomic mass is 19.4. The second kappa shape index (κ2) is 7.13. The highest BCUT2D eigenvalue weighted by molar-refractivity contribution is 5.72. The van der Waals surface area contributed by atoms with Gasteiger partial charge in [0, 0.05) is 25.0 Å². The molecule has 1 amide bonds. The van der Waals surface area contributed by atoms with Crippen LogP contribution in [0.15, 0.2) is 18.5 Å². The zero-order valence-corrected chi connectivity index (χ0v) is 16.5. The maximum Gasteiger partial charge on any atom is 0.419 e. The first-order chi connectivity index (χ1) is 12.2. The Morgan fingerprint density at radius 3 is 2.11 bits per heavy atom. The van der Waals surface area contributed by atoms with Gasteiger partial charge in [-0.15, -0.1) is 0 Å². The number of aromatic nitrogens is 2. The van der Waals surface area contributed by atoms with Crippen molar-refractivity contribution in [2.45, 2.75) is 65.8 Å². The Balaban J connectivity index is 2.28. The van der Waals surface area contributed by atoms with Gasteiger partial charge in [-0.1, -0.05) is 26.8 Å². The minimum atomic E-state index is -4.47. The minimum Gasteiger partial charge on any atom is -0.444 e. The molecule has 2 heterocycles. The number of alkyl halides is 3. The van der Waals surface area contributed by atoms with Gasteiger partial charge in [0.25, 0.3) is 0 Å². The average Bonchev–Trinajstić information content (AvgIpc) is 2.51. The maximum absolute atomic E-state index is 12.7. The molecule has 0 aliphatic carbocycles. The Labute approximate surface area is 157 Å². The summed E-state index contributed by atoms with van der Waals surface area (Å²) in [5.41, 5.74) is -1.03. The summed E-state index contributed by atoms with van der Waals surface area (Å²) in [5.74, 6) is 0.251. The first-order valence-corrected chi connectivity index (χ1v) is 8.77. The summed E-state index contributed by atoms with van der Waals surface area (Å²) in [6.07, 6.45) is -1.10. The fourth-order valence-electron chi connectivity index (χ4n) is 2.86. The molecule has 2 rings (SSSR count). The van der Waals surface area contributed by atoms with Crippen molar-refractivity contribution in [3.8, 4) is 0 Å². The third kappa shape index (κ3) is 5.43. The minimum absolute atomic E-state index is 0.196. The SMILES string of the molecule is CC(C)(C)OC(=O)N1CC=C(c2ncc(C(F)(F)F)cn2)CC1C(C)(C)C. The van der Waals surface area contributed by atoms with Crippen LogP contribution in [0.1, 0.15) is 59.4 Å². The fourth-order valence-corrected chi connectivity index (χ4v) is 2.86. The second-order valence-electron chi connectivity index (χ2n) is 8.74. The first-order valence-electron chi connectivity index (χ1n) is 8.77. The first kappa shape index (κ1) is 21.2. The summed E-state index contributed by atoms with van der Waals surface area (Å²) in [5, 5.41) is 0. The highest BCUT2D eigenvalue weighted by Gasteiger charge is 2.38. The van der Waals surface area contributed by atoms with Crippen molar-refractivity contribution in [3.63, 3.8) is 0 Å². The molecule has 8 heteroatoms. The van der Waals surface area contributed by atoms with E-state index in [-0.39, 0.29) is 23.8 Å². The third-order valence-electron chi connectivity index (χ3n) is 4.22. The summed E-state index contributed by atoms with van der Waals surface area (Å²) >= 11 is 0. The van der Waals surface area contributed by atoms with E-state index in [2.05, 4.69) is 9.97 Å². The molecule has 150 valence electrons. The van der Waals surface area contributed by atoms with Gasteiger partial charge in [-0.3, -0.25) is 0 Å². The Morgan fingerprint density at radius 2 is 1.67 bits per heavy atom. The fraction of sp³-hybridized carbons (Fsp3) is 0.632. The van der Waals surface area contributed by atoms with E-state index < -0.39 is 23.4 Å².